The molecule has 3 heterocycles. The highest BCUT2D eigenvalue weighted by atomic mass is 16.5. The average Bonchev–Trinajstić information content (AvgIpc) is 3.60. The number of Topliss-reactive ketones (excluding diaryl/α,β-unsaturated/α-hetero) is 1. The second kappa shape index (κ2) is 11.6. The molecule has 3 aliphatic rings. The molecular weight excluding hydrogens is 522 g/mol. The predicted octanol–water partition coefficient (Wildman–Crippen LogP) is 4.36. The quantitative estimate of drug-likeness (QED) is 0.321. The van der Waals surface area contributed by atoms with E-state index in [0.717, 1.165) is 80.4 Å². The third-order valence-corrected chi connectivity index (χ3v) is 9.37. The molecule has 9 nitrogen and oxygen atoms in total. The van der Waals surface area contributed by atoms with Crippen LogP contribution in [0.15, 0.2) is 34.9 Å². The van der Waals surface area contributed by atoms with Crippen LogP contribution < -0.4 is 10.1 Å². The molecule has 0 unspecified atom stereocenters. The Balaban J connectivity index is 1.03. The number of aromatic nitrogens is 1. The molecule has 2 atom stereocenters. The van der Waals surface area contributed by atoms with Crippen LogP contribution in [0.3, 0.4) is 0 Å². The molecule has 6 rings (SSSR count). The Bertz CT molecular complexity index is 1400. The number of aryl methyl sites for hydroxylation is 1. The van der Waals surface area contributed by atoms with Gasteiger partial charge in [0.25, 0.3) is 5.91 Å². The van der Waals surface area contributed by atoms with Crippen molar-refractivity contribution in [3.8, 4) is 5.75 Å². The lowest BCUT2D eigenvalue weighted by Gasteiger charge is -2.39. The van der Waals surface area contributed by atoms with Crippen LogP contribution in [0, 0.1) is 5.92 Å². The van der Waals surface area contributed by atoms with Crippen LogP contribution in [0.25, 0.3) is 10.9 Å². The third kappa shape index (κ3) is 6.08. The van der Waals surface area contributed by atoms with Gasteiger partial charge in [-0.3, -0.25) is 9.59 Å². The standard InChI is InChI=1S/C32H41N3O6/c1-20-17-35(14-10-26(20)36)15-13-32(39)11-8-22(9-12-32)33-31(38)25-16-23-24(34-25)4-2-6-28(23)40-18-21-19-41-29-7-3-5-27(37)30(21)29/h2,4,6,16,19-20,22,26,34,36,39H,3,5,7-15,17-18H2,1H3,(H,33,38)/t20-,22?,26-,32?/m0/s1. The van der Waals surface area contributed by atoms with E-state index in [1.807, 2.05) is 24.3 Å². The zero-order chi connectivity index (χ0) is 28.6. The molecule has 1 aromatic carbocycles. The number of carbonyl (C=O) groups excluding carboxylic acids is 2. The van der Waals surface area contributed by atoms with Gasteiger partial charge in [0.05, 0.1) is 23.5 Å². The maximum absolute atomic E-state index is 13.2. The van der Waals surface area contributed by atoms with Crippen molar-refractivity contribution in [2.75, 3.05) is 19.6 Å². The highest BCUT2D eigenvalue weighted by Crippen LogP contribution is 2.33. The summed E-state index contributed by atoms with van der Waals surface area (Å²) in [5.41, 5.74) is 1.99. The van der Waals surface area contributed by atoms with Crippen molar-refractivity contribution in [1.29, 1.82) is 0 Å². The van der Waals surface area contributed by atoms with Crippen molar-refractivity contribution >= 4 is 22.6 Å². The van der Waals surface area contributed by atoms with E-state index in [2.05, 4.69) is 22.1 Å². The molecule has 9 heteroatoms. The topological polar surface area (TPSA) is 128 Å². The molecule has 2 fully saturated rings. The van der Waals surface area contributed by atoms with Gasteiger partial charge in [0.15, 0.2) is 5.78 Å². The summed E-state index contributed by atoms with van der Waals surface area (Å²) < 4.78 is 11.7. The van der Waals surface area contributed by atoms with E-state index >= 15 is 0 Å². The maximum Gasteiger partial charge on any atom is 0.267 e. The van der Waals surface area contributed by atoms with Gasteiger partial charge in [-0.05, 0) is 69.1 Å². The summed E-state index contributed by atoms with van der Waals surface area (Å²) in [6.07, 6.45) is 7.84. The summed E-state index contributed by atoms with van der Waals surface area (Å²) in [6.45, 7) is 4.89. The van der Waals surface area contributed by atoms with Crippen LogP contribution in [0.5, 0.6) is 5.75 Å². The number of aromatic amines is 1. The van der Waals surface area contributed by atoms with E-state index in [1.165, 1.54) is 0 Å². The van der Waals surface area contributed by atoms with Crippen molar-refractivity contribution < 1.29 is 29.0 Å². The number of aliphatic hydroxyl groups excluding tert-OH is 1. The first-order valence-corrected chi connectivity index (χ1v) is 15.1. The number of nitrogens with one attached hydrogen (secondary N) is 2. The zero-order valence-electron chi connectivity index (χ0n) is 23.8. The van der Waals surface area contributed by atoms with Crippen LogP contribution >= 0.6 is 0 Å². The Morgan fingerprint density at radius 2 is 2.07 bits per heavy atom. The van der Waals surface area contributed by atoms with Gasteiger partial charge < -0.3 is 34.6 Å². The van der Waals surface area contributed by atoms with E-state index in [0.29, 0.717) is 36.3 Å². The molecule has 4 N–H and O–H groups in total. The number of hydrogen-bond acceptors (Lipinski definition) is 7. The lowest BCUT2D eigenvalue weighted by atomic mass is 9.80. The number of amides is 1. The smallest absolute Gasteiger partial charge is 0.267 e. The van der Waals surface area contributed by atoms with Crippen molar-refractivity contribution in [2.45, 2.75) is 89.1 Å². The van der Waals surface area contributed by atoms with Gasteiger partial charge >= 0.3 is 0 Å². The molecule has 0 spiro atoms. The fourth-order valence-corrected chi connectivity index (χ4v) is 6.73. The van der Waals surface area contributed by atoms with E-state index in [9.17, 15) is 19.8 Å². The van der Waals surface area contributed by atoms with E-state index < -0.39 is 5.60 Å². The largest absolute Gasteiger partial charge is 0.488 e. The Labute approximate surface area is 240 Å². The number of aliphatic hydroxyl groups is 2. The number of ether oxygens (including phenoxy) is 1. The van der Waals surface area contributed by atoms with E-state index in [-0.39, 0.29) is 36.4 Å². The van der Waals surface area contributed by atoms with Gasteiger partial charge in [-0.25, -0.2) is 0 Å². The Kier molecular flexibility index (Phi) is 7.94. The molecule has 1 saturated heterocycles. The summed E-state index contributed by atoms with van der Waals surface area (Å²) in [6, 6.07) is 7.47. The lowest BCUT2D eigenvalue weighted by molar-refractivity contribution is -0.0272. The number of H-pyrrole nitrogens is 1. The Hall–Kier alpha value is -3.14. The molecule has 1 aliphatic heterocycles. The maximum atomic E-state index is 13.2. The molecular formula is C32H41N3O6. The second-order valence-corrected chi connectivity index (χ2v) is 12.4. The Morgan fingerprint density at radius 3 is 2.88 bits per heavy atom. The van der Waals surface area contributed by atoms with Crippen molar-refractivity contribution in [3.63, 3.8) is 0 Å². The number of nitrogens with zero attached hydrogens (tertiary/aromatic N) is 1. The first-order valence-electron chi connectivity index (χ1n) is 15.1. The lowest BCUT2D eigenvalue weighted by Crippen LogP contribution is -2.47. The minimum Gasteiger partial charge on any atom is -0.488 e. The number of carbonyl (C=O) groups is 2. The van der Waals surface area contributed by atoms with Crippen LogP contribution in [-0.4, -0.2) is 69.2 Å². The molecule has 0 radical (unpaired) electrons. The summed E-state index contributed by atoms with van der Waals surface area (Å²) in [5, 5.41) is 25.1. The number of piperidine rings is 1. The van der Waals surface area contributed by atoms with Crippen molar-refractivity contribution in [3.05, 3.63) is 53.1 Å². The first kappa shape index (κ1) is 28.0. The third-order valence-electron chi connectivity index (χ3n) is 9.37. The number of benzene rings is 1. The molecule has 1 amide bonds. The second-order valence-electron chi connectivity index (χ2n) is 12.4. The highest BCUT2D eigenvalue weighted by Gasteiger charge is 2.35. The van der Waals surface area contributed by atoms with Crippen LogP contribution in [-0.2, 0) is 13.0 Å². The molecule has 0 bridgehead atoms. The molecule has 2 aromatic heterocycles. The molecule has 41 heavy (non-hydrogen) atoms. The number of likely N-dealkylation sites (tertiary alicyclic amines) is 1. The predicted molar refractivity (Wildman–Crippen MR) is 154 cm³/mol. The summed E-state index contributed by atoms with van der Waals surface area (Å²) >= 11 is 0. The summed E-state index contributed by atoms with van der Waals surface area (Å²) in [4.78, 5) is 31.1. The van der Waals surface area contributed by atoms with Crippen molar-refractivity contribution in [1.82, 2.24) is 15.2 Å². The number of fused-ring (bicyclic) bond motifs is 2. The molecule has 220 valence electrons. The minimum absolute atomic E-state index is 0.0138. The first-order chi connectivity index (χ1) is 19.8. The fraction of sp³-hybridized carbons (Fsp3) is 0.562. The number of furan rings is 1. The Morgan fingerprint density at radius 1 is 1.24 bits per heavy atom. The average molecular weight is 564 g/mol. The highest BCUT2D eigenvalue weighted by molar-refractivity contribution is 6.00. The van der Waals surface area contributed by atoms with Crippen LogP contribution in [0.4, 0.5) is 0 Å². The number of rotatable bonds is 8. The van der Waals surface area contributed by atoms with Crippen molar-refractivity contribution in [2.24, 2.45) is 5.92 Å². The fourth-order valence-electron chi connectivity index (χ4n) is 6.73. The van der Waals surface area contributed by atoms with Gasteiger partial charge in [-0.2, -0.15) is 0 Å². The van der Waals surface area contributed by atoms with Gasteiger partial charge in [-0.15, -0.1) is 0 Å². The van der Waals surface area contributed by atoms with Gasteiger partial charge in [0, 0.05) is 55.0 Å². The van der Waals surface area contributed by atoms with Gasteiger partial charge in [-0.1, -0.05) is 13.0 Å². The molecule has 2 aliphatic carbocycles. The van der Waals surface area contributed by atoms with Gasteiger partial charge in [0.2, 0.25) is 0 Å². The zero-order valence-corrected chi connectivity index (χ0v) is 23.8. The number of hydrogen-bond donors (Lipinski definition) is 4. The van der Waals surface area contributed by atoms with Crippen LogP contribution in [0.1, 0.15) is 90.5 Å². The molecule has 1 saturated carbocycles. The SMILES string of the molecule is C[C@H]1CN(CCC2(O)CCC(NC(=O)c3cc4c(OCc5coc6c5C(=O)CCC6)cccc4[nH]3)CC2)CC[C@@H]1O. The summed E-state index contributed by atoms with van der Waals surface area (Å²) in [7, 11) is 0. The monoisotopic (exact) mass is 563 g/mol. The normalized spacial score (nSPS) is 27.1. The number of ketones is 1. The van der Waals surface area contributed by atoms with E-state index in [4.69, 9.17) is 9.15 Å². The minimum atomic E-state index is -0.702. The van der Waals surface area contributed by atoms with E-state index in [1.54, 1.807) is 6.26 Å². The van der Waals surface area contributed by atoms with Gasteiger partial charge in [0.1, 0.15) is 23.8 Å². The molecule has 3 aromatic rings. The summed E-state index contributed by atoms with van der Waals surface area (Å²) in [5.74, 6) is 1.59. The van der Waals surface area contributed by atoms with Crippen LogP contribution in [0.2, 0.25) is 0 Å².